The van der Waals surface area contributed by atoms with Gasteiger partial charge in [-0.25, -0.2) is 0 Å². The average molecular weight is 234 g/mol. The van der Waals surface area contributed by atoms with Crippen LogP contribution in [0.15, 0.2) is 30.8 Å². The number of carboxylic acid groups (broad SMARTS) is 1. The van der Waals surface area contributed by atoms with Crippen molar-refractivity contribution >= 4 is 11.7 Å². The Hall–Kier alpha value is -1.77. The van der Waals surface area contributed by atoms with Crippen LogP contribution in [0.5, 0.6) is 0 Å². The first-order valence-electron chi connectivity index (χ1n) is 5.60. The molecule has 17 heavy (non-hydrogen) atoms. The van der Waals surface area contributed by atoms with Crippen LogP contribution in [0.4, 0.5) is 0 Å². The molecule has 0 aromatic heterocycles. The molecule has 3 heteroatoms. The van der Waals surface area contributed by atoms with Gasteiger partial charge in [-0.3, -0.25) is 4.79 Å². The maximum atomic E-state index is 10.8. The molecule has 1 aromatic carbocycles. The summed E-state index contributed by atoms with van der Waals surface area (Å²) in [6.45, 7) is 9.37. The molecule has 0 saturated heterocycles. The first kappa shape index (κ1) is 13.3. The van der Waals surface area contributed by atoms with Crippen LogP contribution in [0.3, 0.4) is 0 Å². The first-order chi connectivity index (χ1) is 7.91. The predicted molar refractivity (Wildman–Crippen MR) is 67.7 cm³/mol. The third-order valence-electron chi connectivity index (χ3n) is 2.48. The first-order valence-corrected chi connectivity index (χ1v) is 5.60. The fourth-order valence-corrected chi connectivity index (χ4v) is 1.45. The van der Waals surface area contributed by atoms with Gasteiger partial charge in [-0.05, 0) is 26.3 Å². The molecule has 0 heterocycles. The number of carboxylic acids is 1. The van der Waals surface area contributed by atoms with Gasteiger partial charge in [0.15, 0.2) is 0 Å². The van der Waals surface area contributed by atoms with E-state index in [0.29, 0.717) is 5.76 Å². The highest BCUT2D eigenvalue weighted by Gasteiger charge is 2.13. The van der Waals surface area contributed by atoms with Crippen molar-refractivity contribution in [2.45, 2.75) is 32.8 Å². The van der Waals surface area contributed by atoms with Gasteiger partial charge in [0.25, 0.3) is 0 Å². The molecule has 1 unspecified atom stereocenters. The second-order valence-electron chi connectivity index (χ2n) is 4.27. The lowest BCUT2D eigenvalue weighted by molar-refractivity contribution is -0.138. The predicted octanol–water partition coefficient (Wildman–Crippen LogP) is 3.27. The highest BCUT2D eigenvalue weighted by molar-refractivity contribution is 5.75. The Bertz CT molecular complexity index is 404. The topological polar surface area (TPSA) is 46.5 Å². The van der Waals surface area contributed by atoms with E-state index >= 15 is 0 Å². The van der Waals surface area contributed by atoms with Gasteiger partial charge in [-0.15, -0.1) is 0 Å². The minimum atomic E-state index is -0.824. The fraction of sp³-hybridized carbons (Fsp3) is 0.357. The van der Waals surface area contributed by atoms with Crippen LogP contribution in [-0.4, -0.2) is 17.2 Å². The van der Waals surface area contributed by atoms with Crippen LogP contribution in [-0.2, 0) is 9.53 Å². The summed E-state index contributed by atoms with van der Waals surface area (Å²) in [5.41, 5.74) is 1.65. The summed E-state index contributed by atoms with van der Waals surface area (Å²) in [5.74, 6) is -0.715. The molecular weight excluding hydrogens is 216 g/mol. The molecule has 0 bridgehead atoms. The summed E-state index contributed by atoms with van der Waals surface area (Å²) in [5, 5.41) is 8.89. The molecule has 92 valence electrons. The normalized spacial score (nSPS) is 12.2. The van der Waals surface area contributed by atoms with Crippen LogP contribution < -0.4 is 0 Å². The summed E-state index contributed by atoms with van der Waals surface area (Å²) in [4.78, 5) is 10.8. The third kappa shape index (κ3) is 3.63. The van der Waals surface area contributed by atoms with Crippen LogP contribution in [0.25, 0.3) is 5.76 Å². The zero-order chi connectivity index (χ0) is 13.0. The number of ether oxygens (including phenoxy) is 1. The van der Waals surface area contributed by atoms with Crippen LogP contribution in [0.1, 0.15) is 37.8 Å². The smallest absolute Gasteiger partial charge is 0.310 e. The zero-order valence-corrected chi connectivity index (χ0v) is 10.4. The molecule has 0 spiro atoms. The van der Waals surface area contributed by atoms with Crippen molar-refractivity contribution in [1.29, 1.82) is 0 Å². The average Bonchev–Trinajstić information content (AvgIpc) is 2.27. The van der Waals surface area contributed by atoms with Crippen molar-refractivity contribution in [3.8, 4) is 0 Å². The summed E-state index contributed by atoms with van der Waals surface area (Å²) in [6, 6.07) is 7.25. The van der Waals surface area contributed by atoms with Crippen molar-refractivity contribution in [3.05, 3.63) is 42.0 Å². The lowest BCUT2D eigenvalue weighted by Gasteiger charge is -2.13. The molecule has 0 fully saturated rings. The number of hydrogen-bond donors (Lipinski definition) is 1. The Kier molecular flexibility index (Phi) is 4.32. The van der Waals surface area contributed by atoms with Crippen LogP contribution >= 0.6 is 0 Å². The molecule has 0 amide bonds. The molecule has 1 atom stereocenters. The van der Waals surface area contributed by atoms with Gasteiger partial charge in [0.1, 0.15) is 5.76 Å². The van der Waals surface area contributed by atoms with Gasteiger partial charge in [0.05, 0.1) is 12.0 Å². The zero-order valence-electron chi connectivity index (χ0n) is 10.4. The second-order valence-corrected chi connectivity index (χ2v) is 4.27. The lowest BCUT2D eigenvalue weighted by atomic mass is 10.00. The Labute approximate surface area is 102 Å². The molecular formula is C14H18O3. The molecule has 1 N–H and O–H groups in total. The monoisotopic (exact) mass is 234 g/mol. The van der Waals surface area contributed by atoms with Crippen molar-refractivity contribution in [2.24, 2.45) is 0 Å². The minimum absolute atomic E-state index is 0.0834. The van der Waals surface area contributed by atoms with Crippen molar-refractivity contribution in [2.75, 3.05) is 0 Å². The molecule has 0 aliphatic heterocycles. The van der Waals surface area contributed by atoms with E-state index in [0.717, 1.165) is 11.1 Å². The Morgan fingerprint density at radius 2 is 1.76 bits per heavy atom. The van der Waals surface area contributed by atoms with Gasteiger partial charge in [0.2, 0.25) is 0 Å². The number of rotatable bonds is 5. The molecule has 1 rings (SSSR count). The van der Waals surface area contributed by atoms with Gasteiger partial charge in [-0.2, -0.15) is 0 Å². The van der Waals surface area contributed by atoms with E-state index in [-0.39, 0.29) is 6.10 Å². The Morgan fingerprint density at radius 3 is 2.18 bits per heavy atom. The highest BCUT2D eigenvalue weighted by atomic mass is 16.5. The maximum absolute atomic E-state index is 10.8. The van der Waals surface area contributed by atoms with Gasteiger partial charge >= 0.3 is 5.97 Å². The van der Waals surface area contributed by atoms with Crippen molar-refractivity contribution in [1.82, 2.24) is 0 Å². The number of hydrogen-bond acceptors (Lipinski definition) is 2. The summed E-state index contributed by atoms with van der Waals surface area (Å²) < 4.78 is 5.47. The molecule has 0 radical (unpaired) electrons. The summed E-state index contributed by atoms with van der Waals surface area (Å²) >= 11 is 0. The van der Waals surface area contributed by atoms with Crippen molar-refractivity contribution < 1.29 is 14.6 Å². The minimum Gasteiger partial charge on any atom is -0.491 e. The summed E-state index contributed by atoms with van der Waals surface area (Å²) in [6.07, 6.45) is 0.0834. The van der Waals surface area contributed by atoms with Crippen LogP contribution in [0.2, 0.25) is 0 Å². The van der Waals surface area contributed by atoms with E-state index in [9.17, 15) is 4.79 Å². The standard InChI is InChI=1S/C14H18O3/c1-9(2)17-11(4)13-7-5-12(6-8-13)10(3)14(15)16/h5-10H,4H2,1-3H3,(H,15,16). The van der Waals surface area contributed by atoms with Gasteiger partial charge in [-0.1, -0.05) is 30.8 Å². The highest BCUT2D eigenvalue weighted by Crippen LogP contribution is 2.20. The molecule has 0 aliphatic carbocycles. The van der Waals surface area contributed by atoms with E-state index in [1.807, 2.05) is 26.0 Å². The second kappa shape index (κ2) is 5.53. The molecule has 0 aliphatic rings. The number of carbonyl (C=O) groups is 1. The largest absolute Gasteiger partial charge is 0.491 e. The van der Waals surface area contributed by atoms with Crippen molar-refractivity contribution in [3.63, 3.8) is 0 Å². The van der Waals surface area contributed by atoms with E-state index < -0.39 is 11.9 Å². The Morgan fingerprint density at radius 1 is 1.24 bits per heavy atom. The van der Waals surface area contributed by atoms with E-state index in [4.69, 9.17) is 9.84 Å². The lowest BCUT2D eigenvalue weighted by Crippen LogP contribution is -2.07. The van der Waals surface area contributed by atoms with E-state index in [2.05, 4.69) is 6.58 Å². The van der Waals surface area contributed by atoms with Crippen LogP contribution in [0, 0.1) is 0 Å². The maximum Gasteiger partial charge on any atom is 0.310 e. The molecule has 3 nitrogen and oxygen atoms in total. The Balaban J connectivity index is 2.81. The number of aliphatic carboxylic acids is 1. The van der Waals surface area contributed by atoms with Gasteiger partial charge in [0, 0.05) is 5.56 Å². The van der Waals surface area contributed by atoms with E-state index in [1.54, 1.807) is 19.1 Å². The van der Waals surface area contributed by atoms with E-state index in [1.165, 1.54) is 0 Å². The molecule has 1 aromatic rings. The quantitative estimate of drug-likeness (QED) is 0.795. The summed E-state index contributed by atoms with van der Waals surface area (Å²) in [7, 11) is 0. The fourth-order valence-electron chi connectivity index (χ4n) is 1.45. The van der Waals surface area contributed by atoms with Gasteiger partial charge < -0.3 is 9.84 Å². The number of benzene rings is 1. The molecule has 0 saturated carbocycles. The SMILES string of the molecule is C=C(OC(C)C)c1ccc(C(C)C(=O)O)cc1. The third-order valence-corrected chi connectivity index (χ3v) is 2.48.